The summed E-state index contributed by atoms with van der Waals surface area (Å²) in [5.41, 5.74) is 12.6. The SMILES string of the molecule is COc1cc(Br)cc(C)c1-c1ccc(N(CCN(C)C)C(C)C)c2c1nc(N)n2C. The molecular formula is C23H32BrN5O. The van der Waals surface area contributed by atoms with E-state index < -0.39 is 0 Å². The zero-order valence-electron chi connectivity index (χ0n) is 19.0. The molecule has 0 saturated heterocycles. The zero-order chi connectivity index (χ0) is 22.2. The number of methoxy groups -OCH3 is 1. The lowest BCUT2D eigenvalue weighted by Crippen LogP contribution is -2.37. The molecule has 0 aliphatic heterocycles. The minimum absolute atomic E-state index is 0.346. The number of nitrogens with two attached hydrogens (primary N) is 1. The predicted molar refractivity (Wildman–Crippen MR) is 131 cm³/mol. The van der Waals surface area contributed by atoms with Gasteiger partial charge in [-0.2, -0.15) is 0 Å². The van der Waals surface area contributed by atoms with Crippen LogP contribution >= 0.6 is 15.9 Å². The summed E-state index contributed by atoms with van der Waals surface area (Å²) in [6, 6.07) is 8.77. The smallest absolute Gasteiger partial charge is 0.201 e. The van der Waals surface area contributed by atoms with E-state index in [1.165, 1.54) is 0 Å². The van der Waals surface area contributed by atoms with Gasteiger partial charge in [0.15, 0.2) is 0 Å². The standard InChI is InChI=1S/C23H32BrN5O/c1-14(2)29(11-10-27(4)5)18-9-8-17(21-22(18)28(6)23(25)26-21)20-15(3)12-16(24)13-19(20)30-7/h8-9,12-14H,10-11H2,1-7H3,(H2,25,26). The third-order valence-corrected chi connectivity index (χ3v) is 5.97. The van der Waals surface area contributed by atoms with Gasteiger partial charge < -0.3 is 24.8 Å². The molecule has 7 heteroatoms. The highest BCUT2D eigenvalue weighted by atomic mass is 79.9. The molecule has 30 heavy (non-hydrogen) atoms. The summed E-state index contributed by atoms with van der Waals surface area (Å²) in [4.78, 5) is 9.38. The van der Waals surface area contributed by atoms with Crippen LogP contribution in [0.1, 0.15) is 19.4 Å². The number of imidazole rings is 1. The van der Waals surface area contributed by atoms with Crippen molar-refractivity contribution in [2.45, 2.75) is 26.8 Å². The number of hydrogen-bond donors (Lipinski definition) is 1. The molecular weight excluding hydrogens is 442 g/mol. The Morgan fingerprint density at radius 1 is 1.20 bits per heavy atom. The molecule has 2 aromatic carbocycles. The highest BCUT2D eigenvalue weighted by Gasteiger charge is 2.22. The minimum atomic E-state index is 0.346. The van der Waals surface area contributed by atoms with E-state index in [0.29, 0.717) is 12.0 Å². The summed E-state index contributed by atoms with van der Waals surface area (Å²) in [7, 11) is 7.88. The van der Waals surface area contributed by atoms with Crippen LogP contribution < -0.4 is 15.4 Å². The van der Waals surface area contributed by atoms with Gasteiger partial charge in [-0.25, -0.2) is 4.98 Å². The van der Waals surface area contributed by atoms with E-state index in [4.69, 9.17) is 15.5 Å². The Morgan fingerprint density at radius 2 is 1.90 bits per heavy atom. The molecule has 0 aliphatic carbocycles. The second-order valence-electron chi connectivity index (χ2n) is 8.25. The average Bonchev–Trinajstić information content (AvgIpc) is 2.96. The van der Waals surface area contributed by atoms with Gasteiger partial charge in [0, 0.05) is 41.8 Å². The maximum atomic E-state index is 6.29. The van der Waals surface area contributed by atoms with Gasteiger partial charge in [0.2, 0.25) is 5.95 Å². The fraction of sp³-hybridized carbons (Fsp3) is 0.435. The second-order valence-corrected chi connectivity index (χ2v) is 9.16. The normalized spacial score (nSPS) is 11.7. The molecule has 3 aromatic rings. The van der Waals surface area contributed by atoms with Crippen LogP contribution in [-0.4, -0.2) is 54.8 Å². The van der Waals surface area contributed by atoms with Crippen molar-refractivity contribution in [2.24, 2.45) is 7.05 Å². The molecule has 1 aromatic heterocycles. The molecule has 0 unspecified atom stereocenters. The number of hydrogen-bond acceptors (Lipinski definition) is 5. The number of fused-ring (bicyclic) bond motifs is 1. The number of anilines is 2. The third-order valence-electron chi connectivity index (χ3n) is 5.51. The molecule has 0 fully saturated rings. The Kier molecular flexibility index (Phi) is 6.62. The molecule has 1 heterocycles. The Morgan fingerprint density at radius 3 is 2.50 bits per heavy atom. The lowest BCUT2D eigenvalue weighted by atomic mass is 9.97. The molecule has 0 amide bonds. The number of rotatable bonds is 7. The van der Waals surface area contributed by atoms with Crippen molar-refractivity contribution in [3.8, 4) is 16.9 Å². The first kappa shape index (κ1) is 22.4. The first-order valence-corrected chi connectivity index (χ1v) is 11.0. The van der Waals surface area contributed by atoms with Gasteiger partial charge >= 0.3 is 0 Å². The number of likely N-dealkylation sites (N-methyl/N-ethyl adjacent to an activating group) is 1. The van der Waals surface area contributed by atoms with E-state index in [1.807, 2.05) is 17.7 Å². The van der Waals surface area contributed by atoms with Crippen LogP contribution in [0.3, 0.4) is 0 Å². The molecule has 0 saturated carbocycles. The van der Waals surface area contributed by atoms with Crippen LogP contribution in [0.15, 0.2) is 28.7 Å². The molecule has 6 nitrogen and oxygen atoms in total. The van der Waals surface area contributed by atoms with Gasteiger partial charge in [0.1, 0.15) is 11.3 Å². The van der Waals surface area contributed by atoms with Crippen LogP contribution in [0.2, 0.25) is 0 Å². The number of halogens is 1. The fourth-order valence-electron chi connectivity index (χ4n) is 3.93. The second kappa shape index (κ2) is 8.86. The summed E-state index contributed by atoms with van der Waals surface area (Å²) in [5, 5.41) is 0. The number of aromatic nitrogens is 2. The fourth-order valence-corrected chi connectivity index (χ4v) is 4.48. The van der Waals surface area contributed by atoms with Crippen LogP contribution in [0.4, 0.5) is 11.6 Å². The van der Waals surface area contributed by atoms with Gasteiger partial charge in [-0.05, 0) is 64.7 Å². The number of aryl methyl sites for hydroxylation is 2. The third kappa shape index (κ3) is 4.14. The van der Waals surface area contributed by atoms with Crippen molar-refractivity contribution in [2.75, 3.05) is 44.9 Å². The molecule has 0 radical (unpaired) electrons. The zero-order valence-corrected chi connectivity index (χ0v) is 20.5. The van der Waals surface area contributed by atoms with Crippen molar-refractivity contribution < 1.29 is 4.74 Å². The van der Waals surface area contributed by atoms with Gasteiger partial charge in [-0.3, -0.25) is 0 Å². The van der Waals surface area contributed by atoms with Gasteiger partial charge in [0.25, 0.3) is 0 Å². The van der Waals surface area contributed by atoms with Gasteiger partial charge in [-0.1, -0.05) is 15.9 Å². The predicted octanol–water partition coefficient (Wildman–Crippen LogP) is 4.68. The van der Waals surface area contributed by atoms with Crippen molar-refractivity contribution in [1.29, 1.82) is 0 Å². The number of benzene rings is 2. The topological polar surface area (TPSA) is 59.6 Å². The van der Waals surface area contributed by atoms with Gasteiger partial charge in [0.05, 0.1) is 18.3 Å². The lowest BCUT2D eigenvalue weighted by Gasteiger charge is -2.31. The van der Waals surface area contributed by atoms with Crippen LogP contribution in [0.25, 0.3) is 22.2 Å². The van der Waals surface area contributed by atoms with E-state index >= 15 is 0 Å². The largest absolute Gasteiger partial charge is 0.496 e. The average molecular weight is 474 g/mol. The Labute approximate surface area is 187 Å². The minimum Gasteiger partial charge on any atom is -0.496 e. The van der Waals surface area contributed by atoms with Crippen molar-refractivity contribution in [3.05, 3.63) is 34.3 Å². The van der Waals surface area contributed by atoms with E-state index in [2.05, 4.69) is 78.8 Å². The Balaban J connectivity index is 2.28. The van der Waals surface area contributed by atoms with Gasteiger partial charge in [-0.15, -0.1) is 0 Å². The molecule has 0 atom stereocenters. The number of nitrogen functional groups attached to an aromatic ring is 1. The van der Waals surface area contributed by atoms with Crippen LogP contribution in [-0.2, 0) is 7.05 Å². The summed E-state index contributed by atoms with van der Waals surface area (Å²) in [6.07, 6.45) is 0. The highest BCUT2D eigenvalue weighted by Crippen LogP contribution is 2.42. The number of ether oxygens (including phenoxy) is 1. The molecule has 2 N–H and O–H groups in total. The maximum absolute atomic E-state index is 6.29. The summed E-state index contributed by atoms with van der Waals surface area (Å²) in [6.45, 7) is 8.42. The van der Waals surface area contributed by atoms with E-state index in [-0.39, 0.29) is 0 Å². The first-order chi connectivity index (χ1) is 14.1. The lowest BCUT2D eigenvalue weighted by molar-refractivity contribution is 0.408. The van der Waals surface area contributed by atoms with E-state index in [0.717, 1.165) is 56.7 Å². The van der Waals surface area contributed by atoms with E-state index in [9.17, 15) is 0 Å². The molecule has 0 aliphatic rings. The summed E-state index contributed by atoms with van der Waals surface area (Å²) >= 11 is 3.57. The van der Waals surface area contributed by atoms with Crippen molar-refractivity contribution in [1.82, 2.24) is 14.5 Å². The highest BCUT2D eigenvalue weighted by molar-refractivity contribution is 9.10. The number of nitrogens with zero attached hydrogens (tertiary/aromatic N) is 4. The Hall–Kier alpha value is -2.25. The monoisotopic (exact) mass is 473 g/mol. The Bertz CT molecular complexity index is 1060. The van der Waals surface area contributed by atoms with Crippen molar-refractivity contribution in [3.63, 3.8) is 0 Å². The molecule has 0 bridgehead atoms. The molecule has 162 valence electrons. The maximum Gasteiger partial charge on any atom is 0.201 e. The molecule has 0 spiro atoms. The van der Waals surface area contributed by atoms with Crippen molar-refractivity contribution >= 4 is 38.6 Å². The van der Waals surface area contributed by atoms with Crippen LogP contribution in [0, 0.1) is 6.92 Å². The quantitative estimate of drug-likeness (QED) is 0.539. The molecule has 3 rings (SSSR count). The summed E-state index contributed by atoms with van der Waals surface area (Å²) < 4.78 is 8.69. The van der Waals surface area contributed by atoms with Crippen LogP contribution in [0.5, 0.6) is 5.75 Å². The first-order valence-electron chi connectivity index (χ1n) is 10.2. The van der Waals surface area contributed by atoms with E-state index in [1.54, 1.807) is 7.11 Å². The summed E-state index contributed by atoms with van der Waals surface area (Å²) in [5.74, 6) is 1.32.